The third kappa shape index (κ3) is 3.90. The summed E-state index contributed by atoms with van der Waals surface area (Å²) in [7, 11) is 0. The molecule has 0 aliphatic carbocycles. The zero-order valence-corrected chi connectivity index (χ0v) is 8.16. The predicted molar refractivity (Wildman–Crippen MR) is 53.2 cm³/mol. The van der Waals surface area contributed by atoms with Crippen LogP contribution in [0.5, 0.6) is 0 Å². The molecule has 0 saturated heterocycles. The first-order valence-electron chi connectivity index (χ1n) is 4.37. The van der Waals surface area contributed by atoms with E-state index in [4.69, 9.17) is 0 Å². The molecule has 3 nitrogen and oxygen atoms in total. The van der Waals surface area contributed by atoms with Gasteiger partial charge in [0.2, 0.25) is 6.41 Å². The largest absolute Gasteiger partial charge is 0.386 e. The smallest absolute Gasteiger partial charge is 0.207 e. The lowest BCUT2D eigenvalue weighted by Gasteiger charge is -2.18. The number of amides is 1. The van der Waals surface area contributed by atoms with Gasteiger partial charge in [-0.3, -0.25) is 4.79 Å². The minimum Gasteiger partial charge on any atom is -0.386 e. The number of allylic oxidation sites excluding steroid dienone is 1. The Hall–Kier alpha value is -1.09. The van der Waals surface area contributed by atoms with Crippen LogP contribution in [-0.4, -0.2) is 23.7 Å². The van der Waals surface area contributed by atoms with E-state index >= 15 is 0 Å². The van der Waals surface area contributed by atoms with E-state index in [1.165, 1.54) is 0 Å². The van der Waals surface area contributed by atoms with Crippen LogP contribution in [0.3, 0.4) is 0 Å². The number of aliphatic hydroxyl groups is 1. The molecule has 1 amide bonds. The standard InChI is InChI=1S/C10H17NO2/c1-4-6-9(5-2)10(13)8(3)11-7-12/h5-8,10,13H,2,4H2,1,3H3,(H,11,12)/b9-6+. The molecular formula is C10H17NO2. The van der Waals surface area contributed by atoms with Crippen LogP contribution in [0, 0.1) is 0 Å². The molecule has 0 aliphatic rings. The molecule has 0 bridgehead atoms. The number of rotatable bonds is 6. The van der Waals surface area contributed by atoms with Gasteiger partial charge in [-0.15, -0.1) is 0 Å². The summed E-state index contributed by atoms with van der Waals surface area (Å²) in [6, 6.07) is -0.284. The quantitative estimate of drug-likeness (QED) is 0.477. The molecule has 13 heavy (non-hydrogen) atoms. The molecular weight excluding hydrogens is 166 g/mol. The van der Waals surface area contributed by atoms with Gasteiger partial charge in [-0.05, 0) is 18.9 Å². The average molecular weight is 183 g/mol. The fourth-order valence-corrected chi connectivity index (χ4v) is 1.05. The van der Waals surface area contributed by atoms with Crippen molar-refractivity contribution in [3.8, 4) is 0 Å². The van der Waals surface area contributed by atoms with Crippen LogP contribution < -0.4 is 5.32 Å². The minimum atomic E-state index is -0.678. The minimum absolute atomic E-state index is 0.284. The van der Waals surface area contributed by atoms with Crippen LogP contribution >= 0.6 is 0 Å². The first-order chi connectivity index (χ1) is 6.17. The lowest BCUT2D eigenvalue weighted by atomic mass is 10.0. The highest BCUT2D eigenvalue weighted by molar-refractivity contribution is 5.47. The Morgan fingerprint density at radius 2 is 2.31 bits per heavy atom. The zero-order valence-electron chi connectivity index (χ0n) is 8.16. The van der Waals surface area contributed by atoms with Crippen molar-refractivity contribution in [2.45, 2.75) is 32.4 Å². The Labute approximate surface area is 79.2 Å². The second-order valence-corrected chi connectivity index (χ2v) is 2.83. The molecule has 0 aliphatic heterocycles. The van der Waals surface area contributed by atoms with E-state index in [-0.39, 0.29) is 6.04 Å². The Morgan fingerprint density at radius 1 is 1.69 bits per heavy atom. The van der Waals surface area contributed by atoms with Gasteiger partial charge in [-0.25, -0.2) is 0 Å². The normalized spacial score (nSPS) is 16.1. The van der Waals surface area contributed by atoms with Gasteiger partial charge in [0.05, 0.1) is 12.1 Å². The summed E-state index contributed by atoms with van der Waals surface area (Å²) < 4.78 is 0. The van der Waals surface area contributed by atoms with Gasteiger partial charge in [0, 0.05) is 0 Å². The van der Waals surface area contributed by atoms with E-state index < -0.39 is 6.10 Å². The predicted octanol–water partition coefficient (Wildman–Crippen LogP) is 1.00. The van der Waals surface area contributed by atoms with Gasteiger partial charge in [0.25, 0.3) is 0 Å². The van der Waals surface area contributed by atoms with Gasteiger partial charge in [-0.1, -0.05) is 25.7 Å². The molecule has 0 saturated carbocycles. The fourth-order valence-electron chi connectivity index (χ4n) is 1.05. The molecule has 2 N–H and O–H groups in total. The molecule has 2 atom stereocenters. The summed E-state index contributed by atoms with van der Waals surface area (Å²) in [6.07, 6.45) is 4.24. The summed E-state index contributed by atoms with van der Waals surface area (Å²) in [6.45, 7) is 7.32. The summed E-state index contributed by atoms with van der Waals surface area (Å²) in [5.41, 5.74) is 0.754. The molecule has 0 aromatic rings. The monoisotopic (exact) mass is 183 g/mol. The van der Waals surface area contributed by atoms with Crippen molar-refractivity contribution in [3.05, 3.63) is 24.3 Å². The van der Waals surface area contributed by atoms with Gasteiger partial charge in [0.15, 0.2) is 0 Å². The van der Waals surface area contributed by atoms with Crippen molar-refractivity contribution in [2.24, 2.45) is 0 Å². The molecule has 74 valence electrons. The van der Waals surface area contributed by atoms with E-state index in [9.17, 15) is 9.90 Å². The Morgan fingerprint density at radius 3 is 2.69 bits per heavy atom. The summed E-state index contributed by atoms with van der Waals surface area (Å²) >= 11 is 0. The number of aliphatic hydroxyl groups excluding tert-OH is 1. The molecule has 0 spiro atoms. The topological polar surface area (TPSA) is 49.3 Å². The van der Waals surface area contributed by atoms with E-state index in [1.54, 1.807) is 13.0 Å². The fraction of sp³-hybridized carbons (Fsp3) is 0.500. The summed E-state index contributed by atoms with van der Waals surface area (Å²) in [5, 5.41) is 12.2. The molecule has 0 fully saturated rings. The summed E-state index contributed by atoms with van der Waals surface area (Å²) in [5.74, 6) is 0. The third-order valence-corrected chi connectivity index (χ3v) is 1.82. The van der Waals surface area contributed by atoms with Gasteiger partial charge >= 0.3 is 0 Å². The van der Waals surface area contributed by atoms with Crippen LogP contribution in [0.2, 0.25) is 0 Å². The van der Waals surface area contributed by atoms with Crippen LogP contribution in [0.25, 0.3) is 0 Å². The average Bonchev–Trinajstić information content (AvgIpc) is 2.13. The highest BCUT2D eigenvalue weighted by atomic mass is 16.3. The van der Waals surface area contributed by atoms with Crippen LogP contribution in [0.15, 0.2) is 24.3 Å². The van der Waals surface area contributed by atoms with Crippen molar-refractivity contribution in [2.75, 3.05) is 0 Å². The van der Waals surface area contributed by atoms with Crippen molar-refractivity contribution in [3.63, 3.8) is 0 Å². The zero-order chi connectivity index (χ0) is 10.3. The van der Waals surface area contributed by atoms with Crippen molar-refractivity contribution < 1.29 is 9.90 Å². The molecule has 3 heteroatoms. The lowest BCUT2D eigenvalue weighted by Crippen LogP contribution is -2.37. The van der Waals surface area contributed by atoms with Crippen LogP contribution in [0.4, 0.5) is 0 Å². The van der Waals surface area contributed by atoms with E-state index in [2.05, 4.69) is 11.9 Å². The number of hydrogen-bond donors (Lipinski definition) is 2. The van der Waals surface area contributed by atoms with E-state index in [1.807, 2.05) is 13.0 Å². The molecule has 0 heterocycles. The Kier molecular flexibility index (Phi) is 5.89. The van der Waals surface area contributed by atoms with Gasteiger partial charge < -0.3 is 10.4 Å². The second-order valence-electron chi connectivity index (χ2n) is 2.83. The Balaban J connectivity index is 4.35. The number of carbonyl (C=O) groups excluding carboxylic acids is 1. The molecule has 2 unspecified atom stereocenters. The second kappa shape index (κ2) is 6.43. The highest BCUT2D eigenvalue weighted by Gasteiger charge is 2.15. The molecule has 0 rings (SSSR count). The van der Waals surface area contributed by atoms with Gasteiger partial charge in [-0.2, -0.15) is 0 Å². The maximum Gasteiger partial charge on any atom is 0.207 e. The van der Waals surface area contributed by atoms with E-state index in [0.29, 0.717) is 6.41 Å². The number of nitrogens with one attached hydrogen (secondary N) is 1. The SMILES string of the molecule is C=C/C(=C\CC)C(O)C(C)NC=O. The van der Waals surface area contributed by atoms with E-state index in [0.717, 1.165) is 12.0 Å². The van der Waals surface area contributed by atoms with Crippen molar-refractivity contribution >= 4 is 6.41 Å². The van der Waals surface area contributed by atoms with Gasteiger partial charge in [0.1, 0.15) is 0 Å². The molecule has 0 radical (unpaired) electrons. The first-order valence-corrected chi connectivity index (χ1v) is 4.37. The highest BCUT2D eigenvalue weighted by Crippen LogP contribution is 2.08. The maximum atomic E-state index is 10.1. The number of hydrogen-bond acceptors (Lipinski definition) is 2. The molecule has 0 aromatic carbocycles. The number of carbonyl (C=O) groups is 1. The lowest BCUT2D eigenvalue weighted by molar-refractivity contribution is -0.110. The van der Waals surface area contributed by atoms with Crippen LogP contribution in [-0.2, 0) is 4.79 Å². The first kappa shape index (κ1) is 11.9. The summed E-state index contributed by atoms with van der Waals surface area (Å²) in [4.78, 5) is 10.1. The third-order valence-electron chi connectivity index (χ3n) is 1.82. The van der Waals surface area contributed by atoms with Crippen molar-refractivity contribution in [1.82, 2.24) is 5.32 Å². The molecule has 0 aromatic heterocycles. The Bertz CT molecular complexity index is 199. The van der Waals surface area contributed by atoms with Crippen LogP contribution in [0.1, 0.15) is 20.3 Å². The van der Waals surface area contributed by atoms with Crippen molar-refractivity contribution in [1.29, 1.82) is 0 Å². The maximum absolute atomic E-state index is 10.1.